The second-order valence-corrected chi connectivity index (χ2v) is 8.58. The number of nitrogens with zero attached hydrogens (tertiary/aromatic N) is 1. The molecule has 1 aromatic heterocycles. The number of fused-ring (bicyclic) bond motifs is 1. The second kappa shape index (κ2) is 11.8. The Morgan fingerprint density at radius 3 is 2.30 bits per heavy atom. The highest BCUT2D eigenvalue weighted by Gasteiger charge is 2.27. The Morgan fingerprint density at radius 1 is 0.973 bits per heavy atom. The normalized spacial score (nSPS) is 11.5. The van der Waals surface area contributed by atoms with Crippen LogP contribution < -0.4 is 5.32 Å². The molecule has 5 nitrogen and oxygen atoms in total. The van der Waals surface area contributed by atoms with Gasteiger partial charge >= 0.3 is 5.97 Å². The van der Waals surface area contributed by atoms with Crippen LogP contribution >= 0.6 is 35.6 Å². The number of benzene rings is 3. The highest BCUT2D eigenvalue weighted by Crippen LogP contribution is 2.38. The minimum Gasteiger partial charge on any atom is -0.467 e. The van der Waals surface area contributed by atoms with E-state index in [0.717, 1.165) is 25.3 Å². The van der Waals surface area contributed by atoms with Crippen molar-refractivity contribution in [2.75, 3.05) is 7.11 Å². The number of halogens is 6. The molecule has 0 spiro atoms. The van der Waals surface area contributed by atoms with Crippen molar-refractivity contribution in [3.63, 3.8) is 0 Å². The molecular weight excluding hydrogens is 552 g/mol. The van der Waals surface area contributed by atoms with E-state index in [1.54, 1.807) is 18.2 Å². The molecular formula is C26H18Cl3F3N2O3. The van der Waals surface area contributed by atoms with Gasteiger partial charge in [0, 0.05) is 23.6 Å². The first kappa shape index (κ1) is 28.2. The first-order chi connectivity index (χ1) is 17.2. The largest absolute Gasteiger partial charge is 0.467 e. The Hall–Kier alpha value is -3.33. The minimum atomic E-state index is -1.30. The van der Waals surface area contributed by atoms with Gasteiger partial charge < -0.3 is 10.1 Å². The number of ether oxygens (including phenoxy) is 1. The predicted molar refractivity (Wildman–Crippen MR) is 138 cm³/mol. The molecule has 1 N–H and O–H groups in total. The quantitative estimate of drug-likeness (QED) is 0.267. The molecule has 37 heavy (non-hydrogen) atoms. The van der Waals surface area contributed by atoms with E-state index < -0.39 is 40.9 Å². The van der Waals surface area contributed by atoms with Gasteiger partial charge in [0.1, 0.15) is 29.1 Å². The van der Waals surface area contributed by atoms with Gasteiger partial charge in [-0.15, -0.1) is 12.4 Å². The highest BCUT2D eigenvalue weighted by atomic mass is 35.5. The van der Waals surface area contributed by atoms with Crippen LogP contribution in [0.15, 0.2) is 60.8 Å². The molecule has 3 aromatic carbocycles. The van der Waals surface area contributed by atoms with Crippen LogP contribution in [0.2, 0.25) is 10.0 Å². The Balaban J connectivity index is 0.00000380. The number of methoxy groups -OCH3 is 1. The van der Waals surface area contributed by atoms with Gasteiger partial charge in [0.2, 0.25) is 0 Å². The zero-order valence-electron chi connectivity index (χ0n) is 19.0. The van der Waals surface area contributed by atoms with Crippen LogP contribution in [0.5, 0.6) is 0 Å². The van der Waals surface area contributed by atoms with E-state index >= 15 is 0 Å². The fraction of sp³-hybridized carbons (Fsp3) is 0.115. The number of hydrogen-bond acceptors (Lipinski definition) is 4. The maximum Gasteiger partial charge on any atom is 0.328 e. The van der Waals surface area contributed by atoms with Crippen molar-refractivity contribution in [3.05, 3.63) is 99.4 Å². The first-order valence-electron chi connectivity index (χ1n) is 10.6. The third-order valence-corrected chi connectivity index (χ3v) is 6.18. The number of carbonyl (C=O) groups excluding carboxylic acids is 2. The fourth-order valence-electron chi connectivity index (χ4n) is 3.88. The van der Waals surface area contributed by atoms with Crippen LogP contribution in [0.4, 0.5) is 13.2 Å². The number of amides is 1. The summed E-state index contributed by atoms with van der Waals surface area (Å²) in [6, 6.07) is 10.5. The van der Waals surface area contributed by atoms with Gasteiger partial charge in [0.15, 0.2) is 0 Å². The molecule has 0 radical (unpaired) electrons. The van der Waals surface area contributed by atoms with E-state index in [2.05, 4.69) is 10.3 Å². The molecule has 1 heterocycles. The Labute approximate surface area is 226 Å². The molecule has 0 bridgehead atoms. The molecule has 0 saturated heterocycles. The fourth-order valence-corrected chi connectivity index (χ4v) is 4.40. The molecule has 0 aliphatic carbocycles. The molecule has 11 heteroatoms. The first-order valence-corrected chi connectivity index (χ1v) is 11.3. The third-order valence-electron chi connectivity index (χ3n) is 5.55. The highest BCUT2D eigenvalue weighted by molar-refractivity contribution is 6.37. The summed E-state index contributed by atoms with van der Waals surface area (Å²) in [5.74, 6) is -4.60. The van der Waals surface area contributed by atoms with Gasteiger partial charge in [0.05, 0.1) is 22.7 Å². The molecule has 1 atom stereocenters. The van der Waals surface area contributed by atoms with Crippen molar-refractivity contribution >= 4 is 58.4 Å². The predicted octanol–water partition coefficient (Wildman–Crippen LogP) is 6.56. The molecule has 0 aliphatic heterocycles. The molecule has 1 amide bonds. The van der Waals surface area contributed by atoms with Crippen molar-refractivity contribution in [1.82, 2.24) is 10.3 Å². The monoisotopic (exact) mass is 568 g/mol. The Morgan fingerprint density at radius 2 is 1.65 bits per heavy atom. The lowest BCUT2D eigenvalue weighted by Crippen LogP contribution is -2.43. The molecule has 0 unspecified atom stereocenters. The topological polar surface area (TPSA) is 68.3 Å². The maximum atomic E-state index is 14.1. The van der Waals surface area contributed by atoms with E-state index in [0.29, 0.717) is 32.6 Å². The average molecular weight is 570 g/mol. The molecule has 192 valence electrons. The summed E-state index contributed by atoms with van der Waals surface area (Å²) >= 11 is 12.8. The number of carbonyl (C=O) groups is 2. The number of esters is 1. The van der Waals surface area contributed by atoms with Crippen molar-refractivity contribution < 1.29 is 27.5 Å². The van der Waals surface area contributed by atoms with Crippen molar-refractivity contribution in [3.8, 4) is 11.1 Å². The minimum absolute atomic E-state index is 0. The third kappa shape index (κ3) is 5.82. The second-order valence-electron chi connectivity index (χ2n) is 7.76. The number of aromatic nitrogens is 1. The van der Waals surface area contributed by atoms with Crippen LogP contribution in [0.25, 0.3) is 22.0 Å². The molecule has 0 saturated carbocycles. The zero-order chi connectivity index (χ0) is 26.0. The van der Waals surface area contributed by atoms with Crippen LogP contribution in [0.3, 0.4) is 0 Å². The summed E-state index contributed by atoms with van der Waals surface area (Å²) in [6.07, 6.45) is 1.33. The van der Waals surface area contributed by atoms with E-state index in [4.69, 9.17) is 27.9 Å². The average Bonchev–Trinajstić information content (AvgIpc) is 2.83. The summed E-state index contributed by atoms with van der Waals surface area (Å²) in [4.78, 5) is 29.5. The van der Waals surface area contributed by atoms with E-state index in [-0.39, 0.29) is 23.9 Å². The summed E-state index contributed by atoms with van der Waals surface area (Å²) < 4.78 is 46.6. The summed E-state index contributed by atoms with van der Waals surface area (Å²) in [5, 5.41) is 3.31. The van der Waals surface area contributed by atoms with Crippen molar-refractivity contribution in [2.24, 2.45) is 0 Å². The summed E-state index contributed by atoms with van der Waals surface area (Å²) in [5.41, 5.74) is 1.14. The lowest BCUT2D eigenvalue weighted by atomic mass is 9.95. The lowest BCUT2D eigenvalue weighted by Gasteiger charge is -2.19. The maximum absolute atomic E-state index is 14.1. The van der Waals surface area contributed by atoms with Gasteiger partial charge in [0.25, 0.3) is 5.91 Å². The van der Waals surface area contributed by atoms with Gasteiger partial charge in [-0.1, -0.05) is 41.4 Å². The Kier molecular flexibility index (Phi) is 9.02. The van der Waals surface area contributed by atoms with E-state index in [1.165, 1.54) is 24.4 Å². The lowest BCUT2D eigenvalue weighted by molar-refractivity contribution is -0.142. The summed E-state index contributed by atoms with van der Waals surface area (Å²) in [6.45, 7) is 0. The SMILES string of the molecule is COC(=O)[C@H](Cc1ccc(-c2ccc(F)cc2Cl)c2c(Cl)ccnc12)NC(=O)c1c(F)cccc1F.Cl. The smallest absolute Gasteiger partial charge is 0.328 e. The zero-order valence-corrected chi connectivity index (χ0v) is 21.4. The number of hydrogen-bond donors (Lipinski definition) is 1. The van der Waals surface area contributed by atoms with Gasteiger partial charge in [-0.25, -0.2) is 18.0 Å². The molecule has 0 aliphatic rings. The Bertz CT molecular complexity index is 1480. The van der Waals surface area contributed by atoms with Crippen LogP contribution in [-0.4, -0.2) is 30.0 Å². The van der Waals surface area contributed by atoms with Gasteiger partial charge in [-0.05, 0) is 47.5 Å². The van der Waals surface area contributed by atoms with Crippen LogP contribution in [-0.2, 0) is 16.0 Å². The standard InChI is InChI=1S/C26H17Cl2F3N2O3.ClH/c1-36-26(35)21(33-25(34)23-19(30)3-2-4-20(23)31)11-13-5-7-16(15-8-6-14(29)12-18(15)28)22-17(27)9-10-32-24(13)22;/h2-10,12,21H,11H2,1H3,(H,33,34);1H/t21-;/m0./s1. The molecule has 4 aromatic rings. The number of nitrogens with one attached hydrogen (secondary N) is 1. The van der Waals surface area contributed by atoms with E-state index in [1.807, 2.05) is 0 Å². The van der Waals surface area contributed by atoms with Crippen molar-refractivity contribution in [2.45, 2.75) is 12.5 Å². The van der Waals surface area contributed by atoms with Crippen LogP contribution in [0.1, 0.15) is 15.9 Å². The van der Waals surface area contributed by atoms with Gasteiger partial charge in [-0.2, -0.15) is 0 Å². The van der Waals surface area contributed by atoms with Crippen LogP contribution in [0, 0.1) is 17.5 Å². The van der Waals surface area contributed by atoms with Gasteiger partial charge in [-0.3, -0.25) is 9.78 Å². The van der Waals surface area contributed by atoms with Crippen molar-refractivity contribution in [1.29, 1.82) is 0 Å². The number of rotatable bonds is 6. The van der Waals surface area contributed by atoms with E-state index in [9.17, 15) is 22.8 Å². The number of pyridine rings is 1. The molecule has 4 rings (SSSR count). The molecule has 0 fully saturated rings. The summed E-state index contributed by atoms with van der Waals surface area (Å²) in [7, 11) is 1.12.